The van der Waals surface area contributed by atoms with Gasteiger partial charge in [-0.1, -0.05) is 103 Å². The molecule has 4 heterocycles. The van der Waals surface area contributed by atoms with Gasteiger partial charge in [-0.05, 0) is 70.8 Å². The minimum atomic E-state index is 0.665. The maximum Gasteiger partial charge on any atom is 0.235 e. The van der Waals surface area contributed by atoms with Crippen LogP contribution in [0.25, 0.3) is 88.8 Å². The number of aromatic nitrogens is 4. The normalized spacial score (nSPS) is 11.7. The number of benzene rings is 6. The summed E-state index contributed by atoms with van der Waals surface area (Å²) in [7, 11) is 0. The first-order chi connectivity index (χ1) is 24.3. The maximum atomic E-state index is 5.48. The van der Waals surface area contributed by atoms with Crippen LogP contribution in [0.15, 0.2) is 169 Å². The predicted octanol–water partition coefficient (Wildman–Crippen LogP) is 11.7. The van der Waals surface area contributed by atoms with Crippen molar-refractivity contribution in [2.75, 3.05) is 0 Å². The Bertz CT molecular complexity index is 2750. The monoisotopic (exact) mass is 644 g/mol. The van der Waals surface area contributed by atoms with Crippen LogP contribution in [-0.4, -0.2) is 19.1 Å². The van der Waals surface area contributed by atoms with Crippen LogP contribution in [0.1, 0.15) is 0 Å². The van der Waals surface area contributed by atoms with Gasteiger partial charge in [-0.15, -0.1) is 11.3 Å². The van der Waals surface area contributed by atoms with Gasteiger partial charge in [0.05, 0.1) is 27.8 Å². The lowest BCUT2D eigenvalue weighted by atomic mass is 9.94. The van der Waals surface area contributed by atoms with Crippen molar-refractivity contribution < 1.29 is 0 Å². The zero-order valence-corrected chi connectivity index (χ0v) is 27.2. The molecule has 0 saturated heterocycles. The van der Waals surface area contributed by atoms with Crippen molar-refractivity contribution in [3.63, 3.8) is 0 Å². The van der Waals surface area contributed by atoms with E-state index < -0.39 is 0 Å². The highest BCUT2D eigenvalue weighted by Crippen LogP contribution is 2.40. The summed E-state index contributed by atoms with van der Waals surface area (Å²) in [6, 6.07) is 53.8. The van der Waals surface area contributed by atoms with Gasteiger partial charge in [0.1, 0.15) is 0 Å². The van der Waals surface area contributed by atoms with Crippen LogP contribution in [0.4, 0.5) is 0 Å². The van der Waals surface area contributed by atoms with E-state index in [0.29, 0.717) is 5.95 Å². The molecule has 10 rings (SSSR count). The molecule has 0 spiro atoms. The van der Waals surface area contributed by atoms with E-state index in [9.17, 15) is 0 Å². The molecule has 0 aliphatic heterocycles. The van der Waals surface area contributed by atoms with Crippen LogP contribution >= 0.6 is 11.3 Å². The quantitative estimate of drug-likeness (QED) is 0.187. The van der Waals surface area contributed by atoms with Crippen molar-refractivity contribution >= 4 is 54.9 Å². The summed E-state index contributed by atoms with van der Waals surface area (Å²) in [5, 5.41) is 8.89. The molecular formula is C44H28N4S. The molecular weight excluding hydrogens is 617 g/mol. The molecule has 0 N–H and O–H groups in total. The van der Waals surface area contributed by atoms with Gasteiger partial charge in [0.2, 0.25) is 5.95 Å². The Labute approximate surface area is 286 Å². The topological polar surface area (TPSA) is 35.6 Å². The summed E-state index contributed by atoms with van der Waals surface area (Å²) in [6.07, 6.45) is 2.16. The fourth-order valence-corrected chi connectivity index (χ4v) is 7.97. The highest BCUT2D eigenvalue weighted by atomic mass is 32.1. The molecule has 49 heavy (non-hydrogen) atoms. The summed E-state index contributed by atoms with van der Waals surface area (Å²) < 4.78 is 4.52. The Balaban J connectivity index is 1.26. The minimum absolute atomic E-state index is 0.665. The first kappa shape index (κ1) is 27.8. The Hall–Kier alpha value is -6.30. The van der Waals surface area contributed by atoms with E-state index in [1.165, 1.54) is 21.9 Å². The lowest BCUT2D eigenvalue weighted by Crippen LogP contribution is -2.03. The molecule has 0 fully saturated rings. The highest BCUT2D eigenvalue weighted by molar-refractivity contribution is 7.09. The largest absolute Gasteiger partial charge is 0.316 e. The SMILES string of the molecule is c1ccc(-c2cc(-c3ccccc3)cc(-c3nc(-n4c5ccccc5c5ccc6c(ccn6-c6ccccc6)c54)nc4cscc34)c2)cc1. The first-order valence-electron chi connectivity index (χ1n) is 16.4. The molecule has 4 aromatic heterocycles. The van der Waals surface area contributed by atoms with Crippen molar-refractivity contribution in [2.45, 2.75) is 0 Å². The molecule has 0 aliphatic carbocycles. The molecule has 0 unspecified atom stereocenters. The average Bonchev–Trinajstić information content (AvgIpc) is 3.91. The smallest absolute Gasteiger partial charge is 0.235 e. The Kier molecular flexibility index (Phi) is 6.32. The van der Waals surface area contributed by atoms with Gasteiger partial charge in [-0.25, -0.2) is 9.97 Å². The van der Waals surface area contributed by atoms with Crippen LogP contribution in [0.2, 0.25) is 0 Å². The Morgan fingerprint density at radius 3 is 1.84 bits per heavy atom. The minimum Gasteiger partial charge on any atom is -0.316 e. The van der Waals surface area contributed by atoms with E-state index >= 15 is 0 Å². The summed E-state index contributed by atoms with van der Waals surface area (Å²) in [5.74, 6) is 0.665. The average molecular weight is 645 g/mol. The molecule has 0 aliphatic rings. The summed E-state index contributed by atoms with van der Waals surface area (Å²) in [6.45, 7) is 0. The molecule has 0 bridgehead atoms. The summed E-state index contributed by atoms with van der Waals surface area (Å²) >= 11 is 1.66. The van der Waals surface area contributed by atoms with Crippen LogP contribution in [-0.2, 0) is 0 Å². The standard InChI is InChI=1S/C44H28N4S/c1-4-12-29(13-5-1)31-24-32(30-14-6-2-7-15-30)26-33(25-31)42-38-27-49-28-39(38)45-44(46-42)48-41-19-11-10-18-35(41)36-20-21-40-37(43(36)48)22-23-47(40)34-16-8-3-9-17-34/h1-28H. The molecule has 0 amide bonds. The second-order valence-corrected chi connectivity index (χ2v) is 13.1. The lowest BCUT2D eigenvalue weighted by molar-refractivity contribution is 1.02. The molecule has 10 aromatic rings. The van der Waals surface area contributed by atoms with Crippen LogP contribution in [0.3, 0.4) is 0 Å². The third kappa shape index (κ3) is 4.51. The summed E-state index contributed by atoms with van der Waals surface area (Å²) in [4.78, 5) is 10.7. The van der Waals surface area contributed by atoms with E-state index in [1.807, 2.05) is 0 Å². The molecule has 230 valence electrons. The van der Waals surface area contributed by atoms with Gasteiger partial charge >= 0.3 is 0 Å². The predicted molar refractivity (Wildman–Crippen MR) is 205 cm³/mol. The van der Waals surface area contributed by atoms with Crippen molar-refractivity contribution in [2.24, 2.45) is 0 Å². The highest BCUT2D eigenvalue weighted by Gasteiger charge is 2.21. The fraction of sp³-hybridized carbons (Fsp3) is 0. The number of hydrogen-bond donors (Lipinski definition) is 0. The Morgan fingerprint density at radius 1 is 0.449 bits per heavy atom. The maximum absolute atomic E-state index is 5.48. The molecule has 0 saturated carbocycles. The number of thiophene rings is 1. The number of hydrogen-bond acceptors (Lipinski definition) is 3. The number of para-hydroxylation sites is 2. The molecule has 4 nitrogen and oxygen atoms in total. The number of rotatable bonds is 5. The van der Waals surface area contributed by atoms with Crippen molar-refractivity contribution in [1.82, 2.24) is 19.1 Å². The Morgan fingerprint density at radius 2 is 1.10 bits per heavy atom. The lowest BCUT2D eigenvalue weighted by Gasteiger charge is -2.14. The van der Waals surface area contributed by atoms with E-state index in [-0.39, 0.29) is 0 Å². The zero-order valence-electron chi connectivity index (χ0n) is 26.4. The number of nitrogens with zero attached hydrogens (tertiary/aromatic N) is 4. The molecule has 0 radical (unpaired) electrons. The van der Waals surface area contributed by atoms with Crippen LogP contribution in [0.5, 0.6) is 0 Å². The molecule has 6 aromatic carbocycles. The van der Waals surface area contributed by atoms with Gasteiger partial charge < -0.3 is 4.57 Å². The third-order valence-corrected chi connectivity index (χ3v) is 10.2. The second kappa shape index (κ2) is 11.2. The second-order valence-electron chi connectivity index (χ2n) is 12.3. The van der Waals surface area contributed by atoms with Gasteiger partial charge in [0.25, 0.3) is 0 Å². The zero-order chi connectivity index (χ0) is 32.3. The van der Waals surface area contributed by atoms with Crippen LogP contribution in [0, 0.1) is 0 Å². The number of fused-ring (bicyclic) bond motifs is 6. The van der Waals surface area contributed by atoms with E-state index in [4.69, 9.17) is 9.97 Å². The first-order valence-corrected chi connectivity index (χ1v) is 17.3. The van der Waals surface area contributed by atoms with E-state index in [2.05, 4.69) is 178 Å². The third-order valence-electron chi connectivity index (χ3n) is 9.49. The van der Waals surface area contributed by atoms with Gasteiger partial charge in [0, 0.05) is 49.8 Å². The molecule has 0 atom stereocenters. The summed E-state index contributed by atoms with van der Waals surface area (Å²) in [5.41, 5.74) is 12.0. The van der Waals surface area contributed by atoms with Gasteiger partial charge in [-0.3, -0.25) is 4.57 Å². The fourth-order valence-electron chi connectivity index (χ4n) is 7.22. The van der Waals surface area contributed by atoms with Crippen molar-refractivity contribution in [3.05, 3.63) is 169 Å². The molecule has 5 heteroatoms. The van der Waals surface area contributed by atoms with Gasteiger partial charge in [-0.2, -0.15) is 0 Å². The van der Waals surface area contributed by atoms with Gasteiger partial charge in [0.15, 0.2) is 0 Å². The van der Waals surface area contributed by atoms with E-state index in [0.717, 1.165) is 60.9 Å². The van der Waals surface area contributed by atoms with E-state index in [1.54, 1.807) is 11.3 Å². The van der Waals surface area contributed by atoms with Crippen molar-refractivity contribution in [1.29, 1.82) is 0 Å². The van der Waals surface area contributed by atoms with Crippen molar-refractivity contribution in [3.8, 4) is 45.1 Å². The van der Waals surface area contributed by atoms with Crippen LogP contribution < -0.4 is 0 Å².